The van der Waals surface area contributed by atoms with Crippen LogP contribution in [-0.2, 0) is 0 Å². The van der Waals surface area contributed by atoms with Crippen molar-refractivity contribution in [1.29, 1.82) is 0 Å². The van der Waals surface area contributed by atoms with Crippen LogP contribution in [0.5, 0.6) is 0 Å². The van der Waals surface area contributed by atoms with E-state index in [2.05, 4.69) is 16.9 Å². The normalized spacial score (nSPS) is 10.5. The molecule has 0 saturated carbocycles. The Kier molecular flexibility index (Phi) is 1.54. The van der Waals surface area contributed by atoms with Crippen molar-refractivity contribution in [1.82, 2.24) is 9.97 Å². The molecule has 0 atom stereocenters. The summed E-state index contributed by atoms with van der Waals surface area (Å²) in [5.41, 5.74) is 4.00. The summed E-state index contributed by atoms with van der Waals surface area (Å²) in [6, 6.07) is 3.95. The molecule has 12 heavy (non-hydrogen) atoms. The summed E-state index contributed by atoms with van der Waals surface area (Å²) in [6.07, 6.45) is 3.40. The Morgan fingerprint density at radius 2 is 1.92 bits per heavy atom. The number of rotatable bonds is 0. The topological polar surface area (TPSA) is 25.8 Å². The monoisotopic (exact) mass is 157 g/mol. The van der Waals surface area contributed by atoms with E-state index in [9.17, 15) is 0 Å². The van der Waals surface area contributed by atoms with Crippen LogP contribution in [0, 0.1) is 13.8 Å². The van der Waals surface area contributed by atoms with Crippen molar-refractivity contribution in [2.75, 3.05) is 0 Å². The highest BCUT2D eigenvalue weighted by atomic mass is 14.8. The van der Waals surface area contributed by atoms with Crippen LogP contribution in [0.15, 0.2) is 24.5 Å². The van der Waals surface area contributed by atoms with E-state index in [0.717, 1.165) is 22.2 Å². The fourth-order valence-corrected chi connectivity index (χ4v) is 1.32. The van der Waals surface area contributed by atoms with Gasteiger partial charge in [0.15, 0.2) is 0 Å². The van der Waals surface area contributed by atoms with Crippen LogP contribution in [-0.4, -0.2) is 9.97 Å². The van der Waals surface area contributed by atoms with Gasteiger partial charge >= 0.3 is 0 Å². The molecule has 0 fully saturated rings. The summed E-state index contributed by atoms with van der Waals surface area (Å²) >= 11 is 0. The van der Waals surface area contributed by atoms with Crippen LogP contribution in [0.3, 0.4) is 0 Å². The van der Waals surface area contributed by atoms with E-state index in [1.807, 2.05) is 19.1 Å². The summed E-state index contributed by atoms with van der Waals surface area (Å²) in [7, 11) is 0. The van der Waals surface area contributed by atoms with Gasteiger partial charge in [0.2, 0.25) is 0 Å². The molecule has 1 heterocycles. The minimum Gasteiger partial charge on any atom is -0.253 e. The van der Waals surface area contributed by atoms with Crippen molar-refractivity contribution in [2.24, 2.45) is 0 Å². The summed E-state index contributed by atoms with van der Waals surface area (Å²) in [4.78, 5) is 8.43. The second-order valence-corrected chi connectivity index (χ2v) is 2.84. The van der Waals surface area contributed by atoms with E-state index in [-0.39, 0.29) is 0 Å². The van der Waals surface area contributed by atoms with E-state index < -0.39 is 0 Å². The first kappa shape index (κ1) is 7.22. The van der Waals surface area contributed by atoms with Crippen LogP contribution < -0.4 is 0 Å². The lowest BCUT2D eigenvalue weighted by atomic mass is 10.1. The molecule has 2 heteroatoms. The van der Waals surface area contributed by atoms with E-state index in [1.54, 1.807) is 12.4 Å². The summed E-state index contributed by atoms with van der Waals surface area (Å²) in [5.74, 6) is 0. The highest BCUT2D eigenvalue weighted by Crippen LogP contribution is 2.14. The first-order valence-electron chi connectivity index (χ1n) is 3.81. The highest BCUT2D eigenvalue weighted by molar-refractivity contribution is 5.78. The van der Waals surface area contributed by atoms with Crippen molar-refractivity contribution in [2.45, 2.75) is 6.92 Å². The van der Waals surface area contributed by atoms with Gasteiger partial charge in [0.1, 0.15) is 0 Å². The minimum absolute atomic E-state index is 0.919. The van der Waals surface area contributed by atoms with E-state index in [4.69, 9.17) is 0 Å². The Bertz CT molecular complexity index is 421. The first-order valence-corrected chi connectivity index (χ1v) is 3.81. The molecule has 2 aromatic rings. The first-order chi connectivity index (χ1) is 5.77. The molecule has 0 spiro atoms. The van der Waals surface area contributed by atoms with Gasteiger partial charge in [0.25, 0.3) is 0 Å². The maximum absolute atomic E-state index is 4.23. The van der Waals surface area contributed by atoms with Crippen molar-refractivity contribution in [3.05, 3.63) is 42.6 Å². The largest absolute Gasteiger partial charge is 0.253 e. The molecule has 59 valence electrons. The third kappa shape index (κ3) is 1.05. The zero-order valence-electron chi connectivity index (χ0n) is 6.91. The van der Waals surface area contributed by atoms with Crippen molar-refractivity contribution in [3.63, 3.8) is 0 Å². The zero-order valence-corrected chi connectivity index (χ0v) is 6.91. The predicted molar refractivity (Wildman–Crippen MR) is 48.7 cm³/mol. The van der Waals surface area contributed by atoms with E-state index >= 15 is 0 Å². The smallest absolute Gasteiger partial charge is 0.0916 e. The molecule has 1 radical (unpaired) electrons. The number of aryl methyl sites for hydroxylation is 1. The van der Waals surface area contributed by atoms with Crippen LogP contribution in [0.1, 0.15) is 11.1 Å². The van der Waals surface area contributed by atoms with Gasteiger partial charge in [-0.1, -0.05) is 6.07 Å². The van der Waals surface area contributed by atoms with E-state index in [1.165, 1.54) is 0 Å². The van der Waals surface area contributed by atoms with Gasteiger partial charge < -0.3 is 0 Å². The molecule has 2 nitrogen and oxygen atoms in total. The molecule has 0 bridgehead atoms. The number of aromatic nitrogens is 2. The Hall–Kier alpha value is -1.44. The third-order valence-corrected chi connectivity index (χ3v) is 1.82. The number of nitrogens with zero attached hydrogens (tertiary/aromatic N) is 2. The van der Waals surface area contributed by atoms with Gasteiger partial charge in [-0.15, -0.1) is 0 Å². The van der Waals surface area contributed by atoms with Gasteiger partial charge in [0.05, 0.1) is 11.0 Å². The zero-order chi connectivity index (χ0) is 8.55. The molecule has 0 saturated heterocycles. The van der Waals surface area contributed by atoms with Crippen LogP contribution in [0.4, 0.5) is 0 Å². The van der Waals surface area contributed by atoms with Crippen LogP contribution in [0.25, 0.3) is 11.0 Å². The minimum atomic E-state index is 0.919. The molecule has 0 N–H and O–H groups in total. The summed E-state index contributed by atoms with van der Waals surface area (Å²) in [5, 5.41) is 0. The van der Waals surface area contributed by atoms with Gasteiger partial charge in [-0.25, -0.2) is 0 Å². The summed E-state index contributed by atoms with van der Waals surface area (Å²) < 4.78 is 0. The standard InChI is InChI=1S/C10H9N2/c1-7-5-8(2)10-9(6-7)11-3-4-12-10/h3-6H,1H2,2H3. The predicted octanol–water partition coefficient (Wildman–Crippen LogP) is 2.12. The lowest BCUT2D eigenvalue weighted by molar-refractivity contribution is 1.27. The number of fused-ring (bicyclic) bond motifs is 1. The van der Waals surface area contributed by atoms with Crippen LogP contribution >= 0.6 is 0 Å². The molecule has 0 aliphatic heterocycles. The fourth-order valence-electron chi connectivity index (χ4n) is 1.32. The maximum atomic E-state index is 4.23. The van der Waals surface area contributed by atoms with E-state index in [0.29, 0.717) is 0 Å². The maximum Gasteiger partial charge on any atom is 0.0916 e. The molecular weight excluding hydrogens is 148 g/mol. The molecule has 0 amide bonds. The Labute approximate surface area is 71.3 Å². The quantitative estimate of drug-likeness (QED) is 0.585. The average Bonchev–Trinajstić information content (AvgIpc) is 2.04. The van der Waals surface area contributed by atoms with Gasteiger partial charge in [-0.2, -0.15) is 0 Å². The summed E-state index contributed by atoms with van der Waals surface area (Å²) in [6.45, 7) is 5.88. The Balaban J connectivity index is 2.89. The molecule has 0 aliphatic rings. The number of benzene rings is 1. The van der Waals surface area contributed by atoms with Gasteiger partial charge in [0, 0.05) is 12.4 Å². The molecule has 0 aliphatic carbocycles. The highest BCUT2D eigenvalue weighted by Gasteiger charge is 1.98. The third-order valence-electron chi connectivity index (χ3n) is 1.82. The van der Waals surface area contributed by atoms with Crippen molar-refractivity contribution >= 4 is 11.0 Å². The number of hydrogen-bond acceptors (Lipinski definition) is 2. The van der Waals surface area contributed by atoms with Crippen molar-refractivity contribution < 1.29 is 0 Å². The molecular formula is C10H9N2. The fraction of sp³-hybridized carbons (Fsp3) is 0.100. The Morgan fingerprint density at radius 1 is 1.17 bits per heavy atom. The lowest BCUT2D eigenvalue weighted by Crippen LogP contribution is -1.86. The van der Waals surface area contributed by atoms with Gasteiger partial charge in [-0.05, 0) is 31.0 Å². The second kappa shape index (κ2) is 2.55. The molecule has 0 unspecified atom stereocenters. The number of hydrogen-bond donors (Lipinski definition) is 0. The lowest BCUT2D eigenvalue weighted by Gasteiger charge is -2.00. The molecule has 1 aromatic carbocycles. The van der Waals surface area contributed by atoms with Crippen molar-refractivity contribution in [3.8, 4) is 0 Å². The average molecular weight is 157 g/mol. The van der Waals surface area contributed by atoms with Gasteiger partial charge in [-0.3, -0.25) is 9.97 Å². The molecule has 1 aromatic heterocycles. The molecule has 2 rings (SSSR count). The SMILES string of the molecule is [CH2]c1cc(C)c2nccnc2c1. The Morgan fingerprint density at radius 3 is 2.75 bits per heavy atom. The van der Waals surface area contributed by atoms with Crippen LogP contribution in [0.2, 0.25) is 0 Å². The second-order valence-electron chi connectivity index (χ2n) is 2.84.